The summed E-state index contributed by atoms with van der Waals surface area (Å²) in [6.07, 6.45) is 2.68. The molecule has 0 aromatic rings. The first-order chi connectivity index (χ1) is 7.91. The predicted octanol–water partition coefficient (Wildman–Crippen LogP) is 0.614. The average molecular weight is 261 g/mol. The van der Waals surface area contributed by atoms with Gasteiger partial charge in [-0.1, -0.05) is 6.42 Å². The summed E-state index contributed by atoms with van der Waals surface area (Å²) >= 11 is 1.63. The maximum Gasteiger partial charge on any atom is 0.306 e. The third-order valence-electron chi connectivity index (χ3n) is 2.65. The molecule has 0 aliphatic carbocycles. The number of amides is 1. The van der Waals surface area contributed by atoms with Crippen LogP contribution >= 0.6 is 11.8 Å². The Morgan fingerprint density at radius 1 is 1.47 bits per heavy atom. The zero-order valence-electron chi connectivity index (χ0n) is 9.94. The molecule has 1 aliphatic heterocycles. The number of carboxylic acid groups (broad SMARTS) is 1. The van der Waals surface area contributed by atoms with Crippen molar-refractivity contribution in [2.24, 2.45) is 0 Å². The SMILES string of the molecule is CC(O)(CNC(=O)C1CCCCS1)CC(=O)O. The third-order valence-corrected chi connectivity index (χ3v) is 4.02. The van der Waals surface area contributed by atoms with Crippen LogP contribution in [0.15, 0.2) is 0 Å². The van der Waals surface area contributed by atoms with Gasteiger partial charge in [0.1, 0.15) is 0 Å². The second-order valence-corrected chi connectivity index (χ2v) is 5.95. The van der Waals surface area contributed by atoms with Gasteiger partial charge in [0.2, 0.25) is 5.91 Å². The zero-order valence-corrected chi connectivity index (χ0v) is 10.8. The molecule has 1 heterocycles. The van der Waals surface area contributed by atoms with Gasteiger partial charge in [-0.15, -0.1) is 11.8 Å². The molecule has 1 saturated heterocycles. The van der Waals surface area contributed by atoms with Crippen molar-refractivity contribution in [1.29, 1.82) is 0 Å². The Morgan fingerprint density at radius 2 is 2.18 bits per heavy atom. The lowest BCUT2D eigenvalue weighted by Gasteiger charge is -2.25. The Kier molecular flexibility index (Phi) is 5.27. The summed E-state index contributed by atoms with van der Waals surface area (Å²) in [6.45, 7) is 1.39. The Balaban J connectivity index is 2.33. The van der Waals surface area contributed by atoms with Gasteiger partial charge in [-0.3, -0.25) is 9.59 Å². The highest BCUT2D eigenvalue weighted by Crippen LogP contribution is 2.25. The second kappa shape index (κ2) is 6.26. The summed E-state index contributed by atoms with van der Waals surface area (Å²) in [5.74, 6) is -0.180. The molecule has 0 aromatic heterocycles. The van der Waals surface area contributed by atoms with E-state index < -0.39 is 11.6 Å². The van der Waals surface area contributed by atoms with E-state index in [2.05, 4.69) is 5.32 Å². The van der Waals surface area contributed by atoms with Crippen molar-refractivity contribution in [3.63, 3.8) is 0 Å². The van der Waals surface area contributed by atoms with Crippen LogP contribution in [0.4, 0.5) is 0 Å². The van der Waals surface area contributed by atoms with Crippen LogP contribution in [0.2, 0.25) is 0 Å². The fourth-order valence-corrected chi connectivity index (χ4v) is 2.95. The van der Waals surface area contributed by atoms with E-state index in [1.54, 1.807) is 11.8 Å². The minimum atomic E-state index is -1.39. The molecular formula is C11H19NO4S. The Labute approximate surface area is 105 Å². The predicted molar refractivity (Wildman–Crippen MR) is 66.0 cm³/mol. The molecule has 1 aliphatic rings. The number of carbonyl (C=O) groups is 2. The second-order valence-electron chi connectivity index (χ2n) is 4.64. The maximum absolute atomic E-state index is 11.7. The minimum Gasteiger partial charge on any atom is -0.481 e. The van der Waals surface area contributed by atoms with Crippen LogP contribution in [0.1, 0.15) is 32.6 Å². The molecule has 1 fully saturated rings. The topological polar surface area (TPSA) is 86.6 Å². The van der Waals surface area contributed by atoms with E-state index in [1.165, 1.54) is 6.92 Å². The third kappa shape index (κ3) is 5.41. The number of hydrogen-bond acceptors (Lipinski definition) is 4. The van der Waals surface area contributed by atoms with Crippen LogP contribution < -0.4 is 5.32 Å². The van der Waals surface area contributed by atoms with Crippen molar-refractivity contribution in [3.05, 3.63) is 0 Å². The fraction of sp³-hybridized carbons (Fsp3) is 0.818. The summed E-state index contributed by atoms with van der Waals surface area (Å²) in [5.41, 5.74) is -1.39. The number of rotatable bonds is 5. The standard InChI is InChI=1S/C11H19NO4S/c1-11(16,6-9(13)14)7-12-10(15)8-4-2-3-5-17-8/h8,16H,2-7H2,1H3,(H,12,15)(H,13,14). The molecule has 17 heavy (non-hydrogen) atoms. The molecule has 1 rings (SSSR count). The first-order valence-electron chi connectivity index (χ1n) is 5.74. The highest BCUT2D eigenvalue weighted by atomic mass is 32.2. The van der Waals surface area contributed by atoms with Gasteiger partial charge in [-0.2, -0.15) is 0 Å². The highest BCUT2D eigenvalue weighted by molar-refractivity contribution is 8.00. The average Bonchev–Trinajstić information content (AvgIpc) is 2.25. The lowest BCUT2D eigenvalue weighted by molar-refractivity contribution is -0.142. The van der Waals surface area contributed by atoms with Crippen molar-refractivity contribution < 1.29 is 19.8 Å². The van der Waals surface area contributed by atoms with Crippen molar-refractivity contribution in [3.8, 4) is 0 Å². The Morgan fingerprint density at radius 3 is 2.71 bits per heavy atom. The molecule has 0 aromatic carbocycles. The van der Waals surface area contributed by atoms with Crippen LogP contribution in [0, 0.1) is 0 Å². The van der Waals surface area contributed by atoms with Gasteiger partial charge in [-0.25, -0.2) is 0 Å². The molecule has 0 spiro atoms. The van der Waals surface area contributed by atoms with Crippen LogP contribution in [0.3, 0.4) is 0 Å². The number of thioether (sulfide) groups is 1. The van der Waals surface area contributed by atoms with Gasteiger partial charge in [0.25, 0.3) is 0 Å². The number of aliphatic hydroxyl groups is 1. The molecule has 2 unspecified atom stereocenters. The van der Waals surface area contributed by atoms with Crippen LogP contribution in [-0.2, 0) is 9.59 Å². The molecule has 0 radical (unpaired) electrons. The number of aliphatic carboxylic acids is 1. The molecule has 5 nitrogen and oxygen atoms in total. The minimum absolute atomic E-state index is 0.0187. The molecule has 98 valence electrons. The summed E-state index contributed by atoms with van der Waals surface area (Å²) in [7, 11) is 0. The summed E-state index contributed by atoms with van der Waals surface area (Å²) in [5, 5.41) is 20.9. The van der Waals surface area contributed by atoms with E-state index in [1.807, 2.05) is 0 Å². The molecule has 3 N–H and O–H groups in total. The lowest BCUT2D eigenvalue weighted by atomic mass is 10.0. The first kappa shape index (κ1) is 14.3. The Hall–Kier alpha value is -0.750. The van der Waals surface area contributed by atoms with E-state index in [4.69, 9.17) is 5.11 Å². The monoisotopic (exact) mass is 261 g/mol. The van der Waals surface area contributed by atoms with Crippen molar-refractivity contribution in [2.75, 3.05) is 12.3 Å². The lowest BCUT2D eigenvalue weighted by Crippen LogP contribution is -2.45. The van der Waals surface area contributed by atoms with Crippen LogP contribution in [-0.4, -0.2) is 45.2 Å². The van der Waals surface area contributed by atoms with E-state index in [0.717, 1.165) is 25.0 Å². The molecular weight excluding hydrogens is 242 g/mol. The Bertz CT molecular complexity index is 287. The summed E-state index contributed by atoms with van der Waals surface area (Å²) < 4.78 is 0. The van der Waals surface area contributed by atoms with Gasteiger partial charge in [-0.05, 0) is 25.5 Å². The number of hydrogen-bond donors (Lipinski definition) is 3. The molecule has 0 bridgehead atoms. The summed E-state index contributed by atoms with van der Waals surface area (Å²) in [4.78, 5) is 22.2. The van der Waals surface area contributed by atoms with E-state index in [0.29, 0.717) is 0 Å². The molecule has 0 saturated carbocycles. The smallest absolute Gasteiger partial charge is 0.306 e. The number of nitrogens with one attached hydrogen (secondary N) is 1. The zero-order chi connectivity index (χ0) is 12.9. The first-order valence-corrected chi connectivity index (χ1v) is 6.79. The summed E-state index contributed by atoms with van der Waals surface area (Å²) in [6, 6.07) is 0. The highest BCUT2D eigenvalue weighted by Gasteiger charge is 2.27. The fourth-order valence-electron chi connectivity index (χ4n) is 1.73. The van der Waals surface area contributed by atoms with E-state index in [9.17, 15) is 14.7 Å². The maximum atomic E-state index is 11.7. The van der Waals surface area contributed by atoms with Gasteiger partial charge in [0.15, 0.2) is 0 Å². The molecule has 1 amide bonds. The van der Waals surface area contributed by atoms with Crippen molar-refractivity contribution in [1.82, 2.24) is 5.32 Å². The van der Waals surface area contributed by atoms with Crippen molar-refractivity contribution in [2.45, 2.75) is 43.5 Å². The van der Waals surface area contributed by atoms with Gasteiger partial charge in [0.05, 0.1) is 17.3 Å². The van der Waals surface area contributed by atoms with Gasteiger partial charge >= 0.3 is 5.97 Å². The van der Waals surface area contributed by atoms with Gasteiger partial charge in [0, 0.05) is 6.54 Å². The number of carboxylic acids is 1. The van der Waals surface area contributed by atoms with Crippen LogP contribution in [0.25, 0.3) is 0 Å². The quantitative estimate of drug-likeness (QED) is 0.675. The normalized spacial score (nSPS) is 23.8. The largest absolute Gasteiger partial charge is 0.481 e. The number of carbonyl (C=O) groups excluding carboxylic acids is 1. The van der Waals surface area contributed by atoms with E-state index in [-0.39, 0.29) is 24.1 Å². The van der Waals surface area contributed by atoms with Crippen LogP contribution in [0.5, 0.6) is 0 Å². The van der Waals surface area contributed by atoms with Crippen molar-refractivity contribution >= 4 is 23.6 Å². The van der Waals surface area contributed by atoms with Gasteiger partial charge < -0.3 is 15.5 Å². The molecule has 2 atom stereocenters. The molecule has 6 heteroatoms. The van der Waals surface area contributed by atoms with E-state index >= 15 is 0 Å².